The van der Waals surface area contributed by atoms with Crippen molar-refractivity contribution in [3.05, 3.63) is 82.9 Å². The summed E-state index contributed by atoms with van der Waals surface area (Å²) in [6, 6.07) is 17.6. The van der Waals surface area contributed by atoms with Crippen LogP contribution in [0.2, 0.25) is 0 Å². The van der Waals surface area contributed by atoms with Gasteiger partial charge in [0.05, 0.1) is 5.92 Å². The molecular formula is C28H29N3O6S. The van der Waals surface area contributed by atoms with Gasteiger partial charge < -0.3 is 9.84 Å². The Morgan fingerprint density at radius 3 is 2.16 bits per heavy atom. The lowest BCUT2D eigenvalue weighted by Crippen LogP contribution is -2.66. The van der Waals surface area contributed by atoms with Gasteiger partial charge >= 0.3 is 12.1 Å². The van der Waals surface area contributed by atoms with Gasteiger partial charge in [-0.05, 0) is 38.3 Å². The number of amides is 3. The van der Waals surface area contributed by atoms with Crippen molar-refractivity contribution in [3.8, 4) is 0 Å². The van der Waals surface area contributed by atoms with Crippen LogP contribution in [0.25, 0.3) is 0 Å². The quantitative estimate of drug-likeness (QED) is 0.401. The average molecular weight is 536 g/mol. The maximum Gasteiger partial charge on any atom is 0.413 e. The molecule has 1 aromatic heterocycles. The molecule has 0 saturated carbocycles. The van der Waals surface area contributed by atoms with Gasteiger partial charge in [0, 0.05) is 23.4 Å². The van der Waals surface area contributed by atoms with Crippen LogP contribution in [0, 0.1) is 5.92 Å². The number of β-lactam (4-membered cyclic amide) rings is 1. The van der Waals surface area contributed by atoms with E-state index in [2.05, 4.69) is 10.3 Å². The summed E-state index contributed by atoms with van der Waals surface area (Å²) in [5.41, 5.74) is 1.13. The average Bonchev–Trinajstić information content (AvgIpc) is 3.30. The number of imide groups is 1. The van der Waals surface area contributed by atoms with Gasteiger partial charge in [0.2, 0.25) is 11.8 Å². The van der Waals surface area contributed by atoms with Crippen molar-refractivity contribution in [3.63, 3.8) is 0 Å². The van der Waals surface area contributed by atoms with Crippen LogP contribution in [0.3, 0.4) is 0 Å². The van der Waals surface area contributed by atoms with E-state index in [0.29, 0.717) is 4.88 Å². The second-order valence-electron chi connectivity index (χ2n) is 10.0. The molecule has 2 N–H and O–H groups in total. The van der Waals surface area contributed by atoms with Crippen molar-refractivity contribution in [2.75, 3.05) is 5.32 Å². The number of carboxylic acid groups (broad SMARTS) is 1. The lowest BCUT2D eigenvalue weighted by atomic mass is 9.82. The standard InChI is InChI=1S/C28H29N3O6S/c1-28(2,3)37-27(36)30-26-29-16-19(38-26)14-21-23(25(34)35)31(24(21)33)22(32)15-20(17-10-6-4-7-11-17)18-12-8-5-9-13-18/h4-13,16,20-21,23H,14-15H2,1-3H3,(H,34,35)(H,29,30,36)/t21?,23-/m0/s1. The van der Waals surface area contributed by atoms with E-state index in [1.54, 1.807) is 20.8 Å². The highest BCUT2D eigenvalue weighted by molar-refractivity contribution is 7.15. The highest BCUT2D eigenvalue weighted by atomic mass is 32.1. The van der Waals surface area contributed by atoms with Crippen molar-refractivity contribution < 1.29 is 29.0 Å². The van der Waals surface area contributed by atoms with Gasteiger partial charge in [0.15, 0.2) is 5.13 Å². The molecule has 0 bridgehead atoms. The summed E-state index contributed by atoms with van der Waals surface area (Å²) in [4.78, 5) is 56.1. The van der Waals surface area contributed by atoms with Crippen LogP contribution >= 0.6 is 11.3 Å². The number of aromatic nitrogens is 1. The van der Waals surface area contributed by atoms with E-state index >= 15 is 0 Å². The van der Waals surface area contributed by atoms with Gasteiger partial charge in [-0.2, -0.15) is 0 Å². The number of nitrogens with zero attached hydrogens (tertiary/aromatic N) is 2. The third-order valence-electron chi connectivity index (χ3n) is 6.10. The zero-order valence-electron chi connectivity index (χ0n) is 21.3. The van der Waals surface area contributed by atoms with Crippen LogP contribution in [0.15, 0.2) is 66.9 Å². The number of aliphatic carboxylic acids is 1. The Morgan fingerprint density at radius 1 is 1.05 bits per heavy atom. The van der Waals surface area contributed by atoms with Crippen molar-refractivity contribution in [1.82, 2.24) is 9.88 Å². The van der Waals surface area contributed by atoms with Crippen LogP contribution in [-0.4, -0.2) is 50.5 Å². The summed E-state index contributed by atoms with van der Waals surface area (Å²) < 4.78 is 5.21. The van der Waals surface area contributed by atoms with E-state index in [-0.39, 0.29) is 23.9 Å². The van der Waals surface area contributed by atoms with Crippen LogP contribution < -0.4 is 5.32 Å². The highest BCUT2D eigenvalue weighted by Gasteiger charge is 2.54. The fourth-order valence-electron chi connectivity index (χ4n) is 4.45. The van der Waals surface area contributed by atoms with Crippen molar-refractivity contribution in [2.24, 2.45) is 5.92 Å². The fraction of sp³-hybridized carbons (Fsp3) is 0.321. The van der Waals surface area contributed by atoms with Gasteiger partial charge in [0.1, 0.15) is 11.6 Å². The lowest BCUT2D eigenvalue weighted by Gasteiger charge is -2.43. The molecule has 1 fully saturated rings. The maximum absolute atomic E-state index is 13.3. The Morgan fingerprint density at radius 2 is 1.63 bits per heavy atom. The van der Waals surface area contributed by atoms with E-state index in [1.807, 2.05) is 60.7 Å². The van der Waals surface area contributed by atoms with Gasteiger partial charge in [0.25, 0.3) is 0 Å². The van der Waals surface area contributed by atoms with Gasteiger partial charge in [-0.3, -0.25) is 19.8 Å². The third kappa shape index (κ3) is 6.25. The number of hydrogen-bond donors (Lipinski definition) is 2. The summed E-state index contributed by atoms with van der Waals surface area (Å²) in [5, 5.41) is 12.7. The van der Waals surface area contributed by atoms with Crippen LogP contribution in [0.4, 0.5) is 9.93 Å². The van der Waals surface area contributed by atoms with Crippen LogP contribution in [-0.2, 0) is 25.5 Å². The summed E-state index contributed by atoms with van der Waals surface area (Å²) in [6.45, 7) is 5.22. The summed E-state index contributed by atoms with van der Waals surface area (Å²) in [6.07, 6.45) is 0.869. The smallest absolute Gasteiger partial charge is 0.413 e. The van der Waals surface area contributed by atoms with E-state index in [4.69, 9.17) is 4.74 Å². The first-order valence-corrected chi connectivity index (χ1v) is 13.0. The zero-order chi connectivity index (χ0) is 27.4. The van der Waals surface area contributed by atoms with E-state index in [1.165, 1.54) is 6.20 Å². The van der Waals surface area contributed by atoms with Crippen LogP contribution in [0.1, 0.15) is 49.1 Å². The largest absolute Gasteiger partial charge is 0.480 e. The van der Waals surface area contributed by atoms with Crippen molar-refractivity contribution in [1.29, 1.82) is 0 Å². The molecular weight excluding hydrogens is 506 g/mol. The molecule has 4 rings (SSSR count). The normalized spacial score (nSPS) is 17.2. The second kappa shape index (κ2) is 11.1. The molecule has 2 atom stereocenters. The minimum absolute atomic E-state index is 0.0409. The molecule has 0 aliphatic carbocycles. The first-order chi connectivity index (χ1) is 18.0. The Kier molecular flexibility index (Phi) is 7.91. The van der Waals surface area contributed by atoms with Gasteiger partial charge in [-0.25, -0.2) is 14.6 Å². The SMILES string of the molecule is CC(C)(C)OC(=O)Nc1ncc(CC2C(=O)N(C(=O)CC(c3ccccc3)c3ccccc3)[C@@H]2C(=O)O)s1. The molecule has 2 aromatic carbocycles. The number of rotatable bonds is 8. The molecule has 198 valence electrons. The predicted octanol–water partition coefficient (Wildman–Crippen LogP) is 4.69. The molecule has 0 radical (unpaired) electrons. The monoisotopic (exact) mass is 535 g/mol. The lowest BCUT2D eigenvalue weighted by molar-refractivity contribution is -0.177. The number of carbonyl (C=O) groups excluding carboxylic acids is 3. The minimum atomic E-state index is -1.27. The summed E-state index contributed by atoms with van der Waals surface area (Å²) in [5.74, 6) is -3.53. The molecule has 1 aliphatic rings. The molecule has 0 spiro atoms. The summed E-state index contributed by atoms with van der Waals surface area (Å²) in [7, 11) is 0. The molecule has 2 heterocycles. The Hall–Kier alpha value is -4.05. The number of benzene rings is 2. The molecule has 3 amide bonds. The topological polar surface area (TPSA) is 126 Å². The van der Waals surface area contributed by atoms with E-state index in [9.17, 15) is 24.3 Å². The second-order valence-corrected chi connectivity index (χ2v) is 11.1. The zero-order valence-corrected chi connectivity index (χ0v) is 22.1. The molecule has 9 nitrogen and oxygen atoms in total. The number of hydrogen-bond acceptors (Lipinski definition) is 7. The molecule has 1 aliphatic heterocycles. The fourth-order valence-corrected chi connectivity index (χ4v) is 5.30. The minimum Gasteiger partial charge on any atom is -0.480 e. The van der Waals surface area contributed by atoms with E-state index in [0.717, 1.165) is 27.4 Å². The number of carbonyl (C=O) groups is 4. The highest BCUT2D eigenvalue weighted by Crippen LogP contribution is 2.36. The molecule has 1 unspecified atom stereocenters. The predicted molar refractivity (Wildman–Crippen MR) is 142 cm³/mol. The number of likely N-dealkylation sites (tertiary alicyclic amines) is 1. The molecule has 3 aromatic rings. The number of ether oxygens (including phenoxy) is 1. The maximum atomic E-state index is 13.3. The van der Waals surface area contributed by atoms with Crippen molar-refractivity contribution in [2.45, 2.75) is 51.2 Å². The third-order valence-corrected chi connectivity index (χ3v) is 7.04. The number of anilines is 1. The van der Waals surface area contributed by atoms with Crippen molar-refractivity contribution >= 4 is 40.3 Å². The van der Waals surface area contributed by atoms with Gasteiger partial charge in [-0.1, -0.05) is 60.7 Å². The Labute approximate surface area is 224 Å². The Balaban J connectivity index is 1.46. The molecule has 10 heteroatoms. The van der Waals surface area contributed by atoms with E-state index < -0.39 is 41.4 Å². The first-order valence-electron chi connectivity index (χ1n) is 12.2. The van der Waals surface area contributed by atoms with Crippen LogP contribution in [0.5, 0.6) is 0 Å². The molecule has 38 heavy (non-hydrogen) atoms. The first kappa shape index (κ1) is 27.0. The molecule has 1 saturated heterocycles. The number of nitrogens with one attached hydrogen (secondary N) is 1. The number of carboxylic acids is 1. The number of thiazole rings is 1. The summed E-state index contributed by atoms with van der Waals surface area (Å²) >= 11 is 1.12. The Bertz CT molecular complexity index is 1280. The van der Waals surface area contributed by atoms with Gasteiger partial charge in [-0.15, -0.1) is 11.3 Å².